The Hall–Kier alpha value is -4.25. The molecule has 0 bridgehead atoms. The Bertz CT molecular complexity index is 1370. The number of hydrogen-bond acceptors (Lipinski definition) is 10. The van der Waals surface area contributed by atoms with E-state index in [-0.39, 0.29) is 6.61 Å². The van der Waals surface area contributed by atoms with Crippen molar-refractivity contribution in [2.75, 3.05) is 19.0 Å². The third-order valence-electron chi connectivity index (χ3n) is 5.06. The molecule has 0 saturated heterocycles. The maximum Gasteiger partial charge on any atom is 0.331 e. The molecule has 4 rings (SSSR count). The third-order valence-corrected chi connectivity index (χ3v) is 5.60. The van der Waals surface area contributed by atoms with E-state index in [9.17, 15) is 9.59 Å². The van der Waals surface area contributed by atoms with Crippen molar-refractivity contribution in [1.82, 2.24) is 13.9 Å². The Morgan fingerprint density at radius 3 is 2.77 bits per heavy atom. The lowest BCUT2D eigenvalue weighted by Gasteiger charge is -2.11. The number of esters is 1. The van der Waals surface area contributed by atoms with Crippen molar-refractivity contribution in [3.05, 3.63) is 65.1 Å². The van der Waals surface area contributed by atoms with Crippen LogP contribution in [0.1, 0.15) is 22.6 Å². The highest BCUT2D eigenvalue weighted by molar-refractivity contribution is 7.00. The Kier molecular flexibility index (Phi) is 7.36. The van der Waals surface area contributed by atoms with Gasteiger partial charge in [0, 0.05) is 6.08 Å². The normalized spacial score (nSPS) is 11.1. The fourth-order valence-electron chi connectivity index (χ4n) is 3.21. The van der Waals surface area contributed by atoms with E-state index in [1.807, 2.05) is 13.8 Å². The average molecular weight is 495 g/mol. The number of anilines is 1. The first-order valence-electron chi connectivity index (χ1n) is 10.5. The molecule has 35 heavy (non-hydrogen) atoms. The molecule has 0 saturated carbocycles. The molecule has 2 aromatic heterocycles. The molecule has 2 aromatic carbocycles. The van der Waals surface area contributed by atoms with E-state index in [0.717, 1.165) is 23.0 Å². The number of nitrogens with one attached hydrogen (secondary N) is 1. The molecule has 0 aliphatic heterocycles. The highest BCUT2D eigenvalue weighted by atomic mass is 32.1. The number of benzene rings is 2. The molecular weight excluding hydrogens is 472 g/mol. The van der Waals surface area contributed by atoms with Crippen LogP contribution in [0.3, 0.4) is 0 Å². The summed E-state index contributed by atoms with van der Waals surface area (Å²) in [6.45, 7) is 3.52. The van der Waals surface area contributed by atoms with Crippen LogP contribution in [0, 0.1) is 13.8 Å². The molecule has 0 aliphatic rings. The summed E-state index contributed by atoms with van der Waals surface area (Å²) < 4.78 is 29.7. The smallest absolute Gasteiger partial charge is 0.331 e. The summed E-state index contributed by atoms with van der Waals surface area (Å²) in [7, 11) is 1.53. The van der Waals surface area contributed by atoms with Gasteiger partial charge in [-0.15, -0.1) is 0 Å². The van der Waals surface area contributed by atoms with Gasteiger partial charge >= 0.3 is 5.97 Å². The Labute approximate surface area is 204 Å². The topological polar surface area (TPSA) is 126 Å². The molecule has 0 radical (unpaired) electrons. The maximum absolute atomic E-state index is 12.2. The minimum absolute atomic E-state index is 0.286. The van der Waals surface area contributed by atoms with Crippen molar-refractivity contribution in [2.24, 2.45) is 0 Å². The van der Waals surface area contributed by atoms with E-state index >= 15 is 0 Å². The third kappa shape index (κ3) is 5.82. The number of amides is 1. The van der Waals surface area contributed by atoms with Gasteiger partial charge in [0.15, 0.2) is 18.1 Å². The second kappa shape index (κ2) is 10.8. The van der Waals surface area contributed by atoms with Gasteiger partial charge in [-0.3, -0.25) is 4.79 Å². The zero-order valence-electron chi connectivity index (χ0n) is 19.2. The first kappa shape index (κ1) is 23.9. The summed E-state index contributed by atoms with van der Waals surface area (Å²) in [6, 6.07) is 10.5. The summed E-state index contributed by atoms with van der Waals surface area (Å²) in [5, 5.41) is 6.59. The van der Waals surface area contributed by atoms with Crippen molar-refractivity contribution in [1.29, 1.82) is 0 Å². The summed E-state index contributed by atoms with van der Waals surface area (Å²) in [4.78, 5) is 24.3. The number of aromatic nitrogens is 3. The second-order valence-electron chi connectivity index (χ2n) is 7.43. The van der Waals surface area contributed by atoms with Gasteiger partial charge in [-0.25, -0.2) is 4.79 Å². The van der Waals surface area contributed by atoms with Crippen LogP contribution < -0.4 is 14.8 Å². The monoisotopic (exact) mass is 494 g/mol. The molecule has 0 unspecified atom stereocenters. The zero-order chi connectivity index (χ0) is 24.8. The minimum Gasteiger partial charge on any atom is -0.493 e. The van der Waals surface area contributed by atoms with Crippen molar-refractivity contribution >= 4 is 46.4 Å². The van der Waals surface area contributed by atoms with Crippen LogP contribution in [0.4, 0.5) is 5.69 Å². The highest BCUT2D eigenvalue weighted by Crippen LogP contribution is 2.30. The fourth-order valence-corrected chi connectivity index (χ4v) is 3.76. The quantitative estimate of drug-likeness (QED) is 0.270. The number of methoxy groups -OCH3 is 1. The van der Waals surface area contributed by atoms with Gasteiger partial charge < -0.3 is 24.1 Å². The van der Waals surface area contributed by atoms with Crippen molar-refractivity contribution in [2.45, 2.75) is 20.5 Å². The van der Waals surface area contributed by atoms with Crippen LogP contribution >= 0.6 is 11.7 Å². The van der Waals surface area contributed by atoms with Crippen LogP contribution in [-0.4, -0.2) is 39.5 Å². The maximum atomic E-state index is 12.2. The number of fused-ring (bicyclic) bond motifs is 1. The number of carbonyl (C=O) groups excluding carboxylic acids is 2. The van der Waals surface area contributed by atoms with Crippen LogP contribution in [0.25, 0.3) is 17.1 Å². The zero-order valence-corrected chi connectivity index (χ0v) is 20.0. The molecule has 0 atom stereocenters. The molecule has 0 spiro atoms. The molecule has 1 amide bonds. The minimum atomic E-state index is -0.661. The molecule has 10 nitrogen and oxygen atoms in total. The van der Waals surface area contributed by atoms with E-state index < -0.39 is 18.5 Å². The number of ether oxygens (including phenoxy) is 3. The molecule has 4 aromatic rings. The summed E-state index contributed by atoms with van der Waals surface area (Å²) in [6.07, 6.45) is 2.79. The molecule has 0 aliphatic carbocycles. The average Bonchev–Trinajstić information content (AvgIpc) is 3.47. The lowest BCUT2D eigenvalue weighted by molar-refractivity contribution is -0.142. The van der Waals surface area contributed by atoms with E-state index in [1.165, 1.54) is 13.2 Å². The lowest BCUT2D eigenvalue weighted by atomic mass is 10.2. The summed E-state index contributed by atoms with van der Waals surface area (Å²) >= 11 is 1.05. The van der Waals surface area contributed by atoms with Crippen LogP contribution in [-0.2, 0) is 20.9 Å². The van der Waals surface area contributed by atoms with E-state index in [1.54, 1.807) is 42.5 Å². The van der Waals surface area contributed by atoms with Gasteiger partial charge in [0.1, 0.15) is 23.4 Å². The SMILES string of the molecule is COc1cc(/C=C/C(=O)OCC(=O)Nc2cccc3nsnc23)ccc1OCc1c(C)noc1C. The van der Waals surface area contributed by atoms with Crippen LogP contribution in [0.5, 0.6) is 11.5 Å². The van der Waals surface area contributed by atoms with Gasteiger partial charge in [0.2, 0.25) is 0 Å². The number of aryl methyl sites for hydroxylation is 2. The van der Waals surface area contributed by atoms with Crippen molar-refractivity contribution in [3.8, 4) is 11.5 Å². The van der Waals surface area contributed by atoms with E-state index in [0.29, 0.717) is 39.5 Å². The Morgan fingerprint density at radius 1 is 1.14 bits per heavy atom. The van der Waals surface area contributed by atoms with Crippen molar-refractivity contribution in [3.63, 3.8) is 0 Å². The predicted molar refractivity (Wildman–Crippen MR) is 129 cm³/mol. The number of nitrogens with zero attached hydrogens (tertiary/aromatic N) is 3. The molecule has 0 fully saturated rings. The Balaban J connectivity index is 1.31. The van der Waals surface area contributed by atoms with Crippen molar-refractivity contribution < 1.29 is 28.3 Å². The first-order chi connectivity index (χ1) is 16.9. The molecule has 180 valence electrons. The second-order valence-corrected chi connectivity index (χ2v) is 7.96. The highest BCUT2D eigenvalue weighted by Gasteiger charge is 2.13. The van der Waals surface area contributed by atoms with Gasteiger partial charge in [0.05, 0.1) is 35.8 Å². The summed E-state index contributed by atoms with van der Waals surface area (Å²) in [5.41, 5.74) is 4.12. The lowest BCUT2D eigenvalue weighted by Crippen LogP contribution is -2.20. The largest absolute Gasteiger partial charge is 0.493 e. The van der Waals surface area contributed by atoms with E-state index in [2.05, 4.69) is 19.2 Å². The standard InChI is InChI=1S/C24H22N4O6S/c1-14-17(15(2)34-26-14)12-32-20-9-7-16(11-21(20)31-3)8-10-23(30)33-13-22(29)25-18-5-4-6-19-24(18)28-35-27-19/h4-11H,12-13H2,1-3H3,(H,25,29)/b10-8+. The van der Waals surface area contributed by atoms with Crippen LogP contribution in [0.15, 0.2) is 47.0 Å². The summed E-state index contributed by atoms with van der Waals surface area (Å²) in [5.74, 6) is 0.595. The molecular formula is C24H22N4O6S. The Morgan fingerprint density at radius 2 is 2.00 bits per heavy atom. The first-order valence-corrected chi connectivity index (χ1v) is 11.3. The predicted octanol–water partition coefficient (Wildman–Crippen LogP) is 4.08. The van der Waals surface area contributed by atoms with Crippen LogP contribution in [0.2, 0.25) is 0 Å². The number of rotatable bonds is 9. The number of carbonyl (C=O) groups is 2. The van der Waals surface area contributed by atoms with Gasteiger partial charge in [0.25, 0.3) is 5.91 Å². The van der Waals surface area contributed by atoms with Gasteiger partial charge in [-0.2, -0.15) is 8.75 Å². The molecule has 11 heteroatoms. The molecule has 1 N–H and O–H groups in total. The number of hydrogen-bond donors (Lipinski definition) is 1. The van der Waals surface area contributed by atoms with Gasteiger partial charge in [-0.1, -0.05) is 17.3 Å². The van der Waals surface area contributed by atoms with E-state index in [4.69, 9.17) is 18.7 Å². The fraction of sp³-hybridized carbons (Fsp3) is 0.208. The molecule has 2 heterocycles. The van der Waals surface area contributed by atoms with Gasteiger partial charge in [-0.05, 0) is 49.8 Å².